The first kappa shape index (κ1) is 6.59. The van der Waals surface area contributed by atoms with Crippen molar-refractivity contribution in [2.45, 2.75) is 25.7 Å². The molecule has 1 aliphatic carbocycles. The summed E-state index contributed by atoms with van der Waals surface area (Å²) in [5.41, 5.74) is 0. The van der Waals surface area contributed by atoms with E-state index in [1.807, 2.05) is 0 Å². The zero-order valence-electron chi connectivity index (χ0n) is 5.60. The van der Waals surface area contributed by atoms with Gasteiger partial charge in [0.1, 0.15) is 0 Å². The molecule has 0 radical (unpaired) electrons. The second kappa shape index (κ2) is 3.49. The molecule has 2 nitrogen and oxygen atoms in total. The van der Waals surface area contributed by atoms with Gasteiger partial charge in [-0.15, -0.1) is 0 Å². The van der Waals surface area contributed by atoms with Crippen LogP contribution in [0.2, 0.25) is 0 Å². The van der Waals surface area contributed by atoms with Gasteiger partial charge in [0.25, 0.3) is 0 Å². The predicted molar refractivity (Wildman–Crippen MR) is 36.0 cm³/mol. The summed E-state index contributed by atoms with van der Waals surface area (Å²) in [6.07, 6.45) is 6.07. The lowest BCUT2D eigenvalue weighted by Gasteiger charge is -1.95. The molecule has 1 amide bonds. The molecule has 0 saturated heterocycles. The molecule has 0 unspecified atom stereocenters. The third kappa shape index (κ3) is 3.12. The smallest absolute Gasteiger partial charge is 0.207 e. The van der Waals surface area contributed by atoms with Gasteiger partial charge in [-0.2, -0.15) is 0 Å². The Morgan fingerprint density at radius 2 is 2.33 bits per heavy atom. The molecule has 1 N–H and O–H groups in total. The minimum atomic E-state index is 0.771. The van der Waals surface area contributed by atoms with Crippen molar-refractivity contribution in [3.05, 3.63) is 0 Å². The van der Waals surface area contributed by atoms with E-state index in [-0.39, 0.29) is 0 Å². The van der Waals surface area contributed by atoms with Gasteiger partial charge >= 0.3 is 0 Å². The van der Waals surface area contributed by atoms with Crippen LogP contribution in [-0.2, 0) is 4.79 Å². The van der Waals surface area contributed by atoms with Gasteiger partial charge in [-0.3, -0.25) is 4.79 Å². The highest BCUT2D eigenvalue weighted by Crippen LogP contribution is 2.33. The van der Waals surface area contributed by atoms with E-state index < -0.39 is 0 Å². The quantitative estimate of drug-likeness (QED) is 0.432. The molecule has 52 valence electrons. The first-order chi connectivity index (χ1) is 4.43. The number of carbonyl (C=O) groups excluding carboxylic acids is 1. The molecule has 9 heavy (non-hydrogen) atoms. The summed E-state index contributed by atoms with van der Waals surface area (Å²) >= 11 is 0. The summed E-state index contributed by atoms with van der Waals surface area (Å²) in [6, 6.07) is 0. The summed E-state index contributed by atoms with van der Waals surface area (Å²) in [5.74, 6) is 0.999. The lowest BCUT2D eigenvalue weighted by Crippen LogP contribution is -2.11. The highest BCUT2D eigenvalue weighted by molar-refractivity contribution is 5.45. The van der Waals surface area contributed by atoms with Gasteiger partial charge < -0.3 is 5.32 Å². The van der Waals surface area contributed by atoms with E-state index in [1.54, 1.807) is 0 Å². The number of rotatable bonds is 5. The molecule has 0 aromatic carbocycles. The summed E-state index contributed by atoms with van der Waals surface area (Å²) < 4.78 is 0. The van der Waals surface area contributed by atoms with Crippen LogP contribution in [-0.4, -0.2) is 13.0 Å². The zero-order chi connectivity index (χ0) is 6.53. The maximum absolute atomic E-state index is 9.75. The van der Waals surface area contributed by atoms with E-state index in [0.29, 0.717) is 0 Å². The fraction of sp³-hybridized carbons (Fsp3) is 0.857. The standard InChI is InChI=1S/C7H13NO/c9-6-8-5-1-2-7-3-4-7/h6-7H,1-5H2,(H,8,9). The molecule has 0 atom stereocenters. The summed E-state index contributed by atoms with van der Waals surface area (Å²) in [5, 5.41) is 2.65. The van der Waals surface area contributed by atoms with Crippen LogP contribution in [0.25, 0.3) is 0 Å². The summed E-state index contributed by atoms with van der Waals surface area (Å²) in [4.78, 5) is 9.75. The van der Waals surface area contributed by atoms with E-state index in [9.17, 15) is 4.79 Å². The lowest BCUT2D eigenvalue weighted by molar-refractivity contribution is -0.109. The molecule has 0 bridgehead atoms. The van der Waals surface area contributed by atoms with E-state index in [0.717, 1.165) is 25.3 Å². The zero-order valence-corrected chi connectivity index (χ0v) is 5.60. The Kier molecular flexibility index (Phi) is 2.55. The van der Waals surface area contributed by atoms with Crippen LogP contribution in [0.1, 0.15) is 25.7 Å². The maximum atomic E-state index is 9.75. The fourth-order valence-electron chi connectivity index (χ4n) is 0.958. The minimum Gasteiger partial charge on any atom is -0.359 e. The van der Waals surface area contributed by atoms with E-state index in [1.165, 1.54) is 19.3 Å². The molecule has 1 aliphatic rings. The molecule has 1 fully saturated rings. The average molecular weight is 127 g/mol. The van der Waals surface area contributed by atoms with Gasteiger partial charge in [0, 0.05) is 6.54 Å². The van der Waals surface area contributed by atoms with Crippen LogP contribution in [0, 0.1) is 5.92 Å². The van der Waals surface area contributed by atoms with Crippen molar-refractivity contribution in [3.8, 4) is 0 Å². The molecule has 0 aromatic heterocycles. The first-order valence-corrected chi connectivity index (χ1v) is 3.60. The molecule has 2 heteroatoms. The van der Waals surface area contributed by atoms with Crippen LogP contribution >= 0.6 is 0 Å². The van der Waals surface area contributed by atoms with Crippen molar-refractivity contribution >= 4 is 6.41 Å². The molecular formula is C7H13NO. The van der Waals surface area contributed by atoms with Gasteiger partial charge in [-0.25, -0.2) is 0 Å². The van der Waals surface area contributed by atoms with E-state index in [4.69, 9.17) is 0 Å². The summed E-state index contributed by atoms with van der Waals surface area (Å²) in [7, 11) is 0. The number of nitrogens with one attached hydrogen (secondary N) is 1. The highest BCUT2D eigenvalue weighted by Gasteiger charge is 2.19. The van der Waals surface area contributed by atoms with Gasteiger partial charge in [-0.05, 0) is 18.8 Å². The van der Waals surface area contributed by atoms with Crippen molar-refractivity contribution in [3.63, 3.8) is 0 Å². The average Bonchev–Trinajstić information content (AvgIpc) is 2.63. The normalized spacial score (nSPS) is 17.3. The first-order valence-electron chi connectivity index (χ1n) is 3.60. The van der Waals surface area contributed by atoms with Crippen LogP contribution in [0.5, 0.6) is 0 Å². The number of hydrogen-bond donors (Lipinski definition) is 1. The lowest BCUT2D eigenvalue weighted by atomic mass is 10.2. The van der Waals surface area contributed by atoms with Crippen LogP contribution in [0.3, 0.4) is 0 Å². The van der Waals surface area contributed by atoms with Gasteiger partial charge in [-0.1, -0.05) is 12.8 Å². The fourth-order valence-corrected chi connectivity index (χ4v) is 0.958. The number of carbonyl (C=O) groups is 1. The van der Waals surface area contributed by atoms with Crippen molar-refractivity contribution in [2.75, 3.05) is 6.54 Å². The van der Waals surface area contributed by atoms with E-state index >= 15 is 0 Å². The van der Waals surface area contributed by atoms with Gasteiger partial charge in [0.15, 0.2) is 0 Å². The molecule has 0 aliphatic heterocycles. The largest absolute Gasteiger partial charge is 0.359 e. The van der Waals surface area contributed by atoms with Gasteiger partial charge in [0.2, 0.25) is 6.41 Å². The van der Waals surface area contributed by atoms with Crippen molar-refractivity contribution < 1.29 is 4.79 Å². The minimum absolute atomic E-state index is 0.771. The molecule has 0 aromatic rings. The third-order valence-corrected chi connectivity index (χ3v) is 1.71. The second-order valence-corrected chi connectivity index (χ2v) is 2.66. The highest BCUT2D eigenvalue weighted by atomic mass is 16.1. The predicted octanol–water partition coefficient (Wildman–Crippen LogP) is 0.923. The van der Waals surface area contributed by atoms with Gasteiger partial charge in [0.05, 0.1) is 0 Å². The molecule has 0 spiro atoms. The monoisotopic (exact) mass is 127 g/mol. The Morgan fingerprint density at radius 3 is 2.89 bits per heavy atom. The Hall–Kier alpha value is -0.530. The van der Waals surface area contributed by atoms with Crippen LogP contribution < -0.4 is 5.32 Å². The van der Waals surface area contributed by atoms with Crippen molar-refractivity contribution in [1.29, 1.82) is 0 Å². The topological polar surface area (TPSA) is 29.1 Å². The maximum Gasteiger partial charge on any atom is 0.207 e. The Balaban J connectivity index is 1.75. The van der Waals surface area contributed by atoms with E-state index in [2.05, 4.69) is 5.32 Å². The van der Waals surface area contributed by atoms with Crippen LogP contribution in [0.4, 0.5) is 0 Å². The SMILES string of the molecule is O=CNCCCC1CC1. The number of amides is 1. The molecule has 0 heterocycles. The Morgan fingerprint density at radius 1 is 1.56 bits per heavy atom. The second-order valence-electron chi connectivity index (χ2n) is 2.66. The molecule has 1 rings (SSSR count). The third-order valence-electron chi connectivity index (χ3n) is 1.71. The van der Waals surface area contributed by atoms with Crippen LogP contribution in [0.15, 0.2) is 0 Å². The van der Waals surface area contributed by atoms with Crippen molar-refractivity contribution in [1.82, 2.24) is 5.32 Å². The van der Waals surface area contributed by atoms with Crippen molar-refractivity contribution in [2.24, 2.45) is 5.92 Å². The Bertz CT molecular complexity index is 88.9. The summed E-state index contributed by atoms with van der Waals surface area (Å²) in [6.45, 7) is 0.861. The molecule has 1 saturated carbocycles. The Labute approximate surface area is 55.6 Å². The number of hydrogen-bond acceptors (Lipinski definition) is 1. The molecular weight excluding hydrogens is 114 g/mol.